The van der Waals surface area contributed by atoms with Crippen molar-refractivity contribution in [2.75, 3.05) is 6.79 Å². The molecule has 0 fully saturated rings. The molecule has 6 nitrogen and oxygen atoms in total. The summed E-state index contributed by atoms with van der Waals surface area (Å²) < 4.78 is 10.4. The molecule has 6 heteroatoms. The molecule has 96 valence electrons. The van der Waals surface area contributed by atoms with Gasteiger partial charge >= 0.3 is 0 Å². The number of carbonyl (C=O) groups excluding carboxylic acids is 1. The monoisotopic (exact) mass is 257 g/mol. The zero-order valence-corrected chi connectivity index (χ0v) is 9.92. The van der Waals surface area contributed by atoms with Gasteiger partial charge in [-0.15, -0.1) is 0 Å². The Morgan fingerprint density at radius 3 is 3.05 bits per heavy atom. The van der Waals surface area contributed by atoms with Crippen molar-refractivity contribution in [1.29, 1.82) is 0 Å². The molecule has 2 N–H and O–H groups in total. The Bertz CT molecular complexity index is 620. The fourth-order valence-corrected chi connectivity index (χ4v) is 1.69. The molecule has 19 heavy (non-hydrogen) atoms. The molecule has 3 rings (SSSR count). The first-order chi connectivity index (χ1) is 9.33. The number of nitrogens with one attached hydrogen (secondary N) is 2. The number of H-pyrrole nitrogens is 1. The number of aromatic amines is 1. The zero-order chi connectivity index (χ0) is 13.1. The summed E-state index contributed by atoms with van der Waals surface area (Å²) in [7, 11) is 0. The Kier molecular flexibility index (Phi) is 2.89. The lowest BCUT2D eigenvalue weighted by molar-refractivity contribution is 0.0954. The van der Waals surface area contributed by atoms with E-state index in [0.717, 1.165) is 5.69 Å². The maximum Gasteiger partial charge on any atom is 0.271 e. The number of benzene rings is 1. The predicted octanol–water partition coefficient (Wildman–Crippen LogP) is 1.51. The molecule has 0 saturated heterocycles. The van der Waals surface area contributed by atoms with E-state index in [0.29, 0.717) is 17.1 Å². The lowest BCUT2D eigenvalue weighted by Crippen LogP contribution is -2.17. The summed E-state index contributed by atoms with van der Waals surface area (Å²) >= 11 is 0. The van der Waals surface area contributed by atoms with Crippen LogP contribution in [0.15, 0.2) is 41.6 Å². The van der Waals surface area contributed by atoms with Gasteiger partial charge in [0.25, 0.3) is 5.91 Å². The van der Waals surface area contributed by atoms with Gasteiger partial charge in [0.05, 0.1) is 11.9 Å². The number of carbonyl (C=O) groups is 1. The Morgan fingerprint density at radius 1 is 1.32 bits per heavy atom. The highest BCUT2D eigenvalue weighted by molar-refractivity contribution is 5.95. The molecule has 0 saturated carbocycles. The van der Waals surface area contributed by atoms with E-state index in [4.69, 9.17) is 9.47 Å². The second-order valence-corrected chi connectivity index (χ2v) is 3.89. The maximum atomic E-state index is 11.8. The molecule has 2 aromatic rings. The number of nitrogens with zero attached hydrogens (tertiary/aromatic N) is 1. The Morgan fingerprint density at radius 2 is 2.21 bits per heavy atom. The first-order valence-electron chi connectivity index (χ1n) is 5.69. The van der Waals surface area contributed by atoms with Gasteiger partial charge in [-0.25, -0.2) is 5.43 Å². The van der Waals surface area contributed by atoms with Crippen LogP contribution in [0, 0.1) is 0 Å². The zero-order valence-electron chi connectivity index (χ0n) is 9.92. The molecule has 0 radical (unpaired) electrons. The Hall–Kier alpha value is -2.76. The van der Waals surface area contributed by atoms with E-state index in [1.54, 1.807) is 24.4 Å². The molecule has 1 amide bonds. The van der Waals surface area contributed by atoms with Crippen molar-refractivity contribution < 1.29 is 14.3 Å². The van der Waals surface area contributed by atoms with Gasteiger partial charge in [-0.05, 0) is 30.3 Å². The summed E-state index contributed by atoms with van der Waals surface area (Å²) in [6.07, 6.45) is 3.31. The quantitative estimate of drug-likeness (QED) is 0.646. The average molecular weight is 257 g/mol. The number of rotatable bonds is 3. The SMILES string of the molecule is O=C(N/N=C\c1ccc[nH]1)c1ccc2c(c1)OCO2. The van der Waals surface area contributed by atoms with E-state index in [9.17, 15) is 4.79 Å². The van der Waals surface area contributed by atoms with Crippen molar-refractivity contribution in [2.45, 2.75) is 0 Å². The van der Waals surface area contributed by atoms with Crippen LogP contribution in [0.3, 0.4) is 0 Å². The second-order valence-electron chi connectivity index (χ2n) is 3.89. The van der Waals surface area contributed by atoms with Gasteiger partial charge in [0.15, 0.2) is 11.5 Å². The standard InChI is InChI=1S/C13H11N3O3/c17-13(16-15-7-10-2-1-5-14-10)9-3-4-11-12(6-9)19-8-18-11/h1-7,14H,8H2,(H,16,17)/b15-7-. The van der Waals surface area contributed by atoms with Gasteiger partial charge in [-0.2, -0.15) is 5.10 Å². The number of fused-ring (bicyclic) bond motifs is 1. The lowest BCUT2D eigenvalue weighted by Gasteiger charge is -2.01. The number of hydrogen-bond donors (Lipinski definition) is 2. The van der Waals surface area contributed by atoms with Gasteiger partial charge in [0.2, 0.25) is 6.79 Å². The molecule has 1 aromatic heterocycles. The largest absolute Gasteiger partial charge is 0.454 e. The third kappa shape index (κ3) is 2.42. The molecule has 1 aliphatic heterocycles. The van der Waals surface area contributed by atoms with E-state index >= 15 is 0 Å². The highest BCUT2D eigenvalue weighted by Gasteiger charge is 2.15. The summed E-state index contributed by atoms with van der Waals surface area (Å²) in [6, 6.07) is 8.68. The molecule has 0 spiro atoms. The third-order valence-corrected chi connectivity index (χ3v) is 2.63. The average Bonchev–Trinajstić information content (AvgIpc) is 3.08. The van der Waals surface area contributed by atoms with Crippen molar-refractivity contribution in [1.82, 2.24) is 10.4 Å². The minimum absolute atomic E-state index is 0.186. The summed E-state index contributed by atoms with van der Waals surface area (Å²) in [6.45, 7) is 0.186. The Balaban J connectivity index is 1.67. The van der Waals surface area contributed by atoms with Gasteiger partial charge in [0, 0.05) is 11.8 Å². The van der Waals surface area contributed by atoms with Crippen LogP contribution < -0.4 is 14.9 Å². The molecule has 1 aromatic carbocycles. The molecule has 0 atom stereocenters. The molecule has 0 bridgehead atoms. The number of ether oxygens (including phenoxy) is 2. The van der Waals surface area contributed by atoms with Crippen LogP contribution in [-0.4, -0.2) is 23.9 Å². The van der Waals surface area contributed by atoms with Crippen molar-refractivity contribution in [3.8, 4) is 11.5 Å². The number of hydrogen-bond acceptors (Lipinski definition) is 4. The number of amides is 1. The molecule has 2 heterocycles. The Labute approximate surface area is 109 Å². The van der Waals surface area contributed by atoms with Gasteiger partial charge in [-0.1, -0.05) is 0 Å². The fourth-order valence-electron chi connectivity index (χ4n) is 1.69. The highest BCUT2D eigenvalue weighted by atomic mass is 16.7. The maximum absolute atomic E-state index is 11.8. The topological polar surface area (TPSA) is 75.7 Å². The van der Waals surface area contributed by atoms with Crippen LogP contribution >= 0.6 is 0 Å². The summed E-state index contributed by atoms with van der Waals surface area (Å²) in [5.74, 6) is 0.911. The first kappa shape index (κ1) is 11.3. The molecular formula is C13H11N3O3. The van der Waals surface area contributed by atoms with E-state index < -0.39 is 0 Å². The van der Waals surface area contributed by atoms with Gasteiger partial charge < -0.3 is 14.5 Å². The van der Waals surface area contributed by atoms with Crippen molar-refractivity contribution >= 4 is 12.1 Å². The highest BCUT2D eigenvalue weighted by Crippen LogP contribution is 2.32. The van der Waals surface area contributed by atoms with Crippen molar-refractivity contribution in [3.63, 3.8) is 0 Å². The van der Waals surface area contributed by atoms with Crippen molar-refractivity contribution in [2.24, 2.45) is 5.10 Å². The molecule has 0 aliphatic carbocycles. The van der Waals surface area contributed by atoms with Gasteiger partial charge in [0.1, 0.15) is 0 Å². The van der Waals surface area contributed by atoms with Crippen LogP contribution in [0.4, 0.5) is 0 Å². The number of hydrazone groups is 1. The van der Waals surface area contributed by atoms with Crippen LogP contribution in [0.2, 0.25) is 0 Å². The number of aromatic nitrogens is 1. The van der Waals surface area contributed by atoms with Crippen LogP contribution in [0.5, 0.6) is 11.5 Å². The normalized spacial score (nSPS) is 12.8. The summed E-state index contributed by atoms with van der Waals surface area (Å²) in [4.78, 5) is 14.8. The third-order valence-electron chi connectivity index (χ3n) is 2.63. The lowest BCUT2D eigenvalue weighted by atomic mass is 10.2. The van der Waals surface area contributed by atoms with Crippen LogP contribution in [0.1, 0.15) is 16.1 Å². The van der Waals surface area contributed by atoms with Gasteiger partial charge in [-0.3, -0.25) is 4.79 Å². The van der Waals surface area contributed by atoms with E-state index in [-0.39, 0.29) is 12.7 Å². The molecule has 0 unspecified atom stereocenters. The van der Waals surface area contributed by atoms with E-state index in [2.05, 4.69) is 15.5 Å². The predicted molar refractivity (Wildman–Crippen MR) is 68.4 cm³/mol. The fraction of sp³-hybridized carbons (Fsp3) is 0.0769. The van der Waals surface area contributed by atoms with Crippen molar-refractivity contribution in [3.05, 3.63) is 47.8 Å². The van der Waals surface area contributed by atoms with Crippen LogP contribution in [0.25, 0.3) is 0 Å². The minimum atomic E-state index is -0.305. The molecular weight excluding hydrogens is 246 g/mol. The smallest absolute Gasteiger partial charge is 0.271 e. The summed E-state index contributed by atoms with van der Waals surface area (Å²) in [5.41, 5.74) is 3.72. The molecule has 1 aliphatic rings. The first-order valence-corrected chi connectivity index (χ1v) is 5.69. The van der Waals surface area contributed by atoms with Crippen LogP contribution in [-0.2, 0) is 0 Å². The van der Waals surface area contributed by atoms with E-state index in [1.165, 1.54) is 6.21 Å². The second kappa shape index (κ2) is 4.85. The summed E-state index contributed by atoms with van der Waals surface area (Å²) in [5, 5.41) is 3.86. The van der Waals surface area contributed by atoms with E-state index in [1.807, 2.05) is 12.1 Å². The minimum Gasteiger partial charge on any atom is -0.454 e.